The van der Waals surface area contributed by atoms with Crippen molar-refractivity contribution in [3.63, 3.8) is 0 Å². The molecule has 124 valence electrons. The van der Waals surface area contributed by atoms with Crippen molar-refractivity contribution in [3.05, 3.63) is 0 Å². The molecule has 0 aromatic heterocycles. The monoisotopic (exact) mass is 304 g/mol. The molecule has 0 saturated carbocycles. The summed E-state index contributed by atoms with van der Waals surface area (Å²) in [6.45, 7) is 2.45. The summed E-state index contributed by atoms with van der Waals surface area (Å²) in [5.74, 6) is 0. The Morgan fingerprint density at radius 2 is 1.24 bits per heavy atom. The summed E-state index contributed by atoms with van der Waals surface area (Å²) in [5, 5.41) is 8.08. The van der Waals surface area contributed by atoms with Gasteiger partial charge in [0.05, 0.1) is 6.61 Å². The number of carbonyl (C=O) groups excluding carboxylic acids is 1. The van der Waals surface area contributed by atoms with Crippen molar-refractivity contribution in [3.8, 4) is 0 Å². The molecule has 21 heavy (non-hydrogen) atoms. The van der Waals surface area contributed by atoms with Gasteiger partial charge in [-0.2, -0.15) is 9.68 Å². The first-order valence-electron chi connectivity index (χ1n) is 7.91. The minimum absolute atomic E-state index is 0.221. The van der Waals surface area contributed by atoms with Crippen molar-refractivity contribution in [2.45, 2.75) is 77.6 Å². The van der Waals surface area contributed by atoms with E-state index in [4.69, 9.17) is 5.11 Å². The van der Waals surface area contributed by atoms with E-state index in [1.165, 1.54) is 51.4 Å². The summed E-state index contributed by atoms with van der Waals surface area (Å²) in [7, 11) is 0. The second kappa shape index (κ2) is 14.9. The Balaban J connectivity index is 3.12. The van der Waals surface area contributed by atoms with Gasteiger partial charge in [-0.1, -0.05) is 71.1 Å². The Morgan fingerprint density at radius 3 is 1.71 bits per heavy atom. The largest absolute Gasteiger partial charge is 0.549 e. The van der Waals surface area contributed by atoms with Crippen LogP contribution in [0.4, 0.5) is 9.59 Å². The van der Waals surface area contributed by atoms with Gasteiger partial charge in [0.25, 0.3) is 0 Å². The van der Waals surface area contributed by atoms with E-state index in [2.05, 4.69) is 21.4 Å². The molecule has 0 aliphatic rings. The van der Waals surface area contributed by atoms with Crippen molar-refractivity contribution in [2.24, 2.45) is 0 Å². The van der Waals surface area contributed by atoms with Gasteiger partial charge in [0.1, 0.15) is 0 Å². The molecule has 0 heterocycles. The molecule has 0 fully saturated rings. The number of carbonyl (C=O) groups is 2. The average molecular weight is 304 g/mol. The van der Waals surface area contributed by atoms with E-state index < -0.39 is 12.3 Å². The molecule has 0 aliphatic carbocycles. The summed E-state index contributed by atoms with van der Waals surface area (Å²) >= 11 is 0. The van der Waals surface area contributed by atoms with Crippen LogP contribution in [0.15, 0.2) is 0 Å². The molecule has 0 spiro atoms. The highest BCUT2D eigenvalue weighted by atomic mass is 17.3. The van der Waals surface area contributed by atoms with Gasteiger partial charge < -0.3 is 9.84 Å². The summed E-state index contributed by atoms with van der Waals surface area (Å²) < 4.78 is 4.63. The van der Waals surface area contributed by atoms with Crippen molar-refractivity contribution < 1.29 is 29.2 Å². The summed E-state index contributed by atoms with van der Waals surface area (Å²) in [4.78, 5) is 28.2. The van der Waals surface area contributed by atoms with Gasteiger partial charge in [-0.25, -0.2) is 9.68 Å². The number of hydrogen-bond acceptors (Lipinski definition) is 5. The van der Waals surface area contributed by atoms with Crippen LogP contribution in [-0.4, -0.2) is 24.0 Å². The SMILES string of the molecule is CCCCCCCCCCCCCOC(=O)OOC(=O)O. The van der Waals surface area contributed by atoms with Gasteiger partial charge in [-0.15, -0.1) is 0 Å². The quantitative estimate of drug-likeness (QED) is 0.235. The predicted octanol–water partition coefficient (Wildman–Crippen LogP) is 5.06. The average Bonchev–Trinajstić information content (AvgIpc) is 2.46. The lowest BCUT2D eigenvalue weighted by atomic mass is 10.1. The number of rotatable bonds is 12. The maximum atomic E-state index is 10.8. The molecule has 1 N–H and O–H groups in total. The number of ether oxygens (including phenoxy) is 1. The molecule has 0 atom stereocenters. The molecule has 0 aromatic carbocycles. The van der Waals surface area contributed by atoms with Gasteiger partial charge in [0.15, 0.2) is 0 Å². The van der Waals surface area contributed by atoms with Crippen LogP contribution in [0.3, 0.4) is 0 Å². The van der Waals surface area contributed by atoms with Crippen LogP contribution in [0, 0.1) is 0 Å². The number of unbranched alkanes of at least 4 members (excludes halogenated alkanes) is 10. The first kappa shape index (κ1) is 19.5. The predicted molar refractivity (Wildman–Crippen MR) is 78.0 cm³/mol. The third-order valence-corrected chi connectivity index (χ3v) is 3.15. The van der Waals surface area contributed by atoms with Crippen LogP contribution >= 0.6 is 0 Å². The zero-order valence-corrected chi connectivity index (χ0v) is 13.0. The number of carboxylic acid groups (broad SMARTS) is 1. The molecule has 0 saturated heterocycles. The third kappa shape index (κ3) is 16.5. The molecule has 0 aliphatic heterocycles. The Labute approximate surface area is 126 Å². The van der Waals surface area contributed by atoms with Crippen LogP contribution in [0.25, 0.3) is 0 Å². The molecule has 6 nitrogen and oxygen atoms in total. The second-order valence-corrected chi connectivity index (χ2v) is 5.07. The van der Waals surface area contributed by atoms with E-state index in [0.29, 0.717) is 0 Å². The first-order valence-corrected chi connectivity index (χ1v) is 7.91. The van der Waals surface area contributed by atoms with E-state index in [9.17, 15) is 9.59 Å². The fraction of sp³-hybridized carbons (Fsp3) is 0.867. The minimum atomic E-state index is -1.68. The molecule has 0 amide bonds. The first-order chi connectivity index (χ1) is 10.2. The van der Waals surface area contributed by atoms with Crippen LogP contribution in [0.2, 0.25) is 0 Å². The zero-order valence-electron chi connectivity index (χ0n) is 13.0. The highest BCUT2D eigenvalue weighted by Crippen LogP contribution is 2.11. The van der Waals surface area contributed by atoms with Crippen LogP contribution in [-0.2, 0) is 14.5 Å². The van der Waals surface area contributed by atoms with Gasteiger partial charge in [0, 0.05) is 0 Å². The van der Waals surface area contributed by atoms with E-state index >= 15 is 0 Å². The summed E-state index contributed by atoms with van der Waals surface area (Å²) in [6.07, 6.45) is 10.5. The third-order valence-electron chi connectivity index (χ3n) is 3.15. The van der Waals surface area contributed by atoms with E-state index in [1.807, 2.05) is 0 Å². The maximum Gasteiger partial charge on any atom is 0.549 e. The van der Waals surface area contributed by atoms with Crippen LogP contribution in [0.1, 0.15) is 77.6 Å². The molecular weight excluding hydrogens is 276 g/mol. The van der Waals surface area contributed by atoms with Crippen molar-refractivity contribution in [1.82, 2.24) is 0 Å². The summed E-state index contributed by atoms with van der Waals surface area (Å²) in [6, 6.07) is 0. The molecule has 0 aromatic rings. The van der Waals surface area contributed by atoms with Gasteiger partial charge >= 0.3 is 12.3 Å². The van der Waals surface area contributed by atoms with Gasteiger partial charge in [0.2, 0.25) is 0 Å². The molecular formula is C15H28O6. The van der Waals surface area contributed by atoms with Crippen molar-refractivity contribution in [1.29, 1.82) is 0 Å². The lowest BCUT2D eigenvalue weighted by Gasteiger charge is -2.04. The summed E-state index contributed by atoms with van der Waals surface area (Å²) in [5.41, 5.74) is 0. The number of hydrogen-bond donors (Lipinski definition) is 1. The normalized spacial score (nSPS) is 10.1. The van der Waals surface area contributed by atoms with Crippen LogP contribution < -0.4 is 0 Å². The van der Waals surface area contributed by atoms with Gasteiger partial charge in [-0.05, 0) is 6.42 Å². The topological polar surface area (TPSA) is 82.1 Å². The standard InChI is InChI=1S/C15H28O6/c1-2-3-4-5-6-7-8-9-10-11-12-13-19-15(18)21-20-14(16)17/h2-13H2,1H3,(H,16,17). The highest BCUT2D eigenvalue weighted by molar-refractivity contribution is 5.62. The molecule has 0 radical (unpaired) electrons. The van der Waals surface area contributed by atoms with Crippen molar-refractivity contribution >= 4 is 12.3 Å². The van der Waals surface area contributed by atoms with E-state index in [-0.39, 0.29) is 6.61 Å². The molecule has 0 bridgehead atoms. The van der Waals surface area contributed by atoms with Crippen molar-refractivity contribution in [2.75, 3.05) is 6.61 Å². The highest BCUT2D eigenvalue weighted by Gasteiger charge is 2.08. The minimum Gasteiger partial charge on any atom is -0.447 e. The zero-order chi connectivity index (χ0) is 15.8. The fourth-order valence-electron chi connectivity index (χ4n) is 2.02. The maximum absolute atomic E-state index is 10.8. The van der Waals surface area contributed by atoms with Gasteiger partial charge in [-0.3, -0.25) is 0 Å². The Kier molecular flexibility index (Phi) is 13.9. The molecule has 0 unspecified atom stereocenters. The Bertz CT molecular complexity index is 267. The Morgan fingerprint density at radius 1 is 0.762 bits per heavy atom. The van der Waals surface area contributed by atoms with E-state index in [1.54, 1.807) is 0 Å². The molecule has 0 rings (SSSR count). The fourth-order valence-corrected chi connectivity index (χ4v) is 2.02. The van der Waals surface area contributed by atoms with E-state index in [0.717, 1.165) is 19.3 Å². The molecule has 6 heteroatoms. The van der Waals surface area contributed by atoms with Crippen LogP contribution in [0.5, 0.6) is 0 Å². The lowest BCUT2D eigenvalue weighted by molar-refractivity contribution is -0.213. The Hall–Kier alpha value is -1.46. The lowest BCUT2D eigenvalue weighted by Crippen LogP contribution is -2.11. The smallest absolute Gasteiger partial charge is 0.447 e. The second-order valence-electron chi connectivity index (χ2n) is 5.07.